The maximum Gasteiger partial charge on any atom is 0.306 e. The van der Waals surface area contributed by atoms with Crippen molar-refractivity contribution in [1.29, 1.82) is 0 Å². The molecular formula is C59H99N5O16. The Morgan fingerprint density at radius 1 is 0.500 bits per heavy atom. The quantitative estimate of drug-likeness (QED) is 0.0341. The summed E-state index contributed by atoms with van der Waals surface area (Å²) in [6.07, 6.45) is 18.6. The minimum Gasteiger partial charge on any atom is -0.508 e. The molecule has 1 aromatic rings. The molecular weight excluding hydrogens is 1030 g/mol. The lowest BCUT2D eigenvalue weighted by Crippen LogP contribution is -2.49. The molecule has 0 radical (unpaired) electrons. The average Bonchev–Trinajstić information content (AvgIpc) is 3.41. The number of carboxylic acids is 2. The van der Waals surface area contributed by atoms with E-state index >= 15 is 0 Å². The van der Waals surface area contributed by atoms with Gasteiger partial charge in [0, 0.05) is 58.2 Å². The third-order valence-electron chi connectivity index (χ3n) is 13.2. The Morgan fingerprint density at radius 2 is 1.04 bits per heavy atom. The number of unbranched alkanes of at least 4 members (excludes halogenated alkanes) is 14. The van der Waals surface area contributed by atoms with Gasteiger partial charge in [0.1, 0.15) is 30.5 Å². The molecule has 9 N–H and O–H groups in total. The maximum absolute atomic E-state index is 13.3. The lowest BCUT2D eigenvalue weighted by Gasteiger charge is -2.20. The number of ether oxygens (including phenoxy) is 4. The highest BCUT2D eigenvalue weighted by atomic mass is 16.5. The van der Waals surface area contributed by atoms with Crippen LogP contribution in [-0.4, -0.2) is 159 Å². The number of carboxylic acid groups (broad SMARTS) is 2. The Balaban J connectivity index is 2.07. The Morgan fingerprint density at radius 3 is 1.62 bits per heavy atom. The van der Waals surface area contributed by atoms with Gasteiger partial charge in [0.25, 0.3) is 0 Å². The molecule has 21 heteroatoms. The number of phenols is 1. The van der Waals surface area contributed by atoms with Crippen molar-refractivity contribution in [1.82, 2.24) is 21.3 Å². The van der Waals surface area contributed by atoms with Gasteiger partial charge in [-0.25, -0.2) is 0 Å². The summed E-state index contributed by atoms with van der Waals surface area (Å²) in [7, 11) is 0. The van der Waals surface area contributed by atoms with Gasteiger partial charge in [-0.05, 0) is 75.0 Å². The van der Waals surface area contributed by atoms with Crippen molar-refractivity contribution in [3.05, 3.63) is 29.8 Å². The van der Waals surface area contributed by atoms with Gasteiger partial charge in [-0.1, -0.05) is 103 Å². The largest absolute Gasteiger partial charge is 0.508 e. The molecule has 0 heterocycles. The number of nitrogens with one attached hydrogen (secondary N) is 4. The highest BCUT2D eigenvalue weighted by molar-refractivity contribution is 5.88. The zero-order valence-electron chi connectivity index (χ0n) is 48.2. The molecule has 0 aliphatic heterocycles. The van der Waals surface area contributed by atoms with E-state index in [0.29, 0.717) is 51.7 Å². The van der Waals surface area contributed by atoms with Gasteiger partial charge < -0.3 is 56.0 Å². The topological polar surface area (TPSA) is 325 Å². The summed E-state index contributed by atoms with van der Waals surface area (Å²) in [5, 5.41) is 39.4. The highest BCUT2D eigenvalue weighted by Gasteiger charge is 2.24. The second-order valence-electron chi connectivity index (χ2n) is 21.1. The van der Waals surface area contributed by atoms with Gasteiger partial charge >= 0.3 is 11.9 Å². The van der Waals surface area contributed by atoms with Crippen molar-refractivity contribution in [2.45, 2.75) is 193 Å². The number of carbonyl (C=O) groups excluding carboxylic acids is 7. The van der Waals surface area contributed by atoms with E-state index in [0.717, 1.165) is 50.5 Å². The van der Waals surface area contributed by atoms with Crippen molar-refractivity contribution < 1.29 is 77.4 Å². The van der Waals surface area contributed by atoms with Crippen molar-refractivity contribution in [3.8, 4) is 5.75 Å². The van der Waals surface area contributed by atoms with Crippen LogP contribution in [-0.2, 0) is 68.5 Å². The predicted molar refractivity (Wildman–Crippen MR) is 303 cm³/mol. The summed E-state index contributed by atoms with van der Waals surface area (Å²) in [6.45, 7) is 5.43. The van der Waals surface area contributed by atoms with E-state index in [1.807, 2.05) is 13.8 Å². The van der Waals surface area contributed by atoms with Gasteiger partial charge in [0.15, 0.2) is 11.6 Å². The number of aromatic hydroxyl groups is 1. The number of primary amides is 1. The van der Waals surface area contributed by atoms with E-state index in [1.165, 1.54) is 57.1 Å². The zero-order chi connectivity index (χ0) is 59.0. The van der Waals surface area contributed by atoms with E-state index in [1.54, 1.807) is 12.1 Å². The molecule has 0 fully saturated rings. The molecule has 0 aromatic heterocycles. The molecule has 0 saturated carbocycles. The fraction of sp³-hybridized carbons (Fsp3) is 0.746. The number of phenolic OH excluding ortho intramolecular Hbond substituents is 1. The molecule has 0 spiro atoms. The third-order valence-corrected chi connectivity index (χ3v) is 13.2. The molecule has 0 aliphatic carbocycles. The number of benzene rings is 1. The Hall–Kier alpha value is -5.19. The number of amides is 3. The number of ketones is 4. The smallest absolute Gasteiger partial charge is 0.306 e. The van der Waals surface area contributed by atoms with Crippen LogP contribution in [0.25, 0.3) is 0 Å². The molecule has 0 bridgehead atoms. The first kappa shape index (κ1) is 72.8. The monoisotopic (exact) mass is 1130 g/mol. The molecule has 3 atom stereocenters. The summed E-state index contributed by atoms with van der Waals surface area (Å²) in [4.78, 5) is 109. The van der Waals surface area contributed by atoms with Gasteiger partial charge in [-0.15, -0.1) is 0 Å². The molecule has 21 nitrogen and oxygen atoms in total. The van der Waals surface area contributed by atoms with Crippen LogP contribution in [0.5, 0.6) is 5.75 Å². The maximum atomic E-state index is 13.3. The van der Waals surface area contributed by atoms with Gasteiger partial charge in [0.2, 0.25) is 17.7 Å². The minimum atomic E-state index is -1.08. The van der Waals surface area contributed by atoms with Crippen molar-refractivity contribution in [2.75, 3.05) is 79.0 Å². The Kier molecular flexibility index (Phi) is 44.2. The number of carbonyl (C=O) groups is 9. The summed E-state index contributed by atoms with van der Waals surface area (Å²) >= 11 is 0. The number of hydrogen-bond donors (Lipinski definition) is 8. The van der Waals surface area contributed by atoms with Crippen LogP contribution in [0.4, 0.5) is 0 Å². The second kappa shape index (κ2) is 48.5. The average molecular weight is 1130 g/mol. The van der Waals surface area contributed by atoms with Gasteiger partial charge in [0.05, 0.1) is 64.1 Å². The van der Waals surface area contributed by atoms with E-state index in [4.69, 9.17) is 29.8 Å². The predicted octanol–water partition coefficient (Wildman–Crippen LogP) is 6.11. The van der Waals surface area contributed by atoms with E-state index in [-0.39, 0.29) is 151 Å². The van der Waals surface area contributed by atoms with E-state index in [9.17, 15) is 53.4 Å². The number of aliphatic carboxylic acids is 2. The highest BCUT2D eigenvalue weighted by Crippen LogP contribution is 2.18. The van der Waals surface area contributed by atoms with Crippen molar-refractivity contribution in [2.24, 2.45) is 17.6 Å². The SMILES string of the molecule is CC(C)CC(=O)CN[C@@H](CCCCNC(=O)COCCOCCCC(=O)COCCOCCNC(=O)CC[C@H](CC(=O)CCCCCCCCCCCCCCCCC(=O)O)C(=O)O)C(=O)CN[C@@H](Cc1ccc(O)cc1)C(N)=O. The molecule has 1 aromatic carbocycles. The van der Waals surface area contributed by atoms with E-state index < -0.39 is 35.8 Å². The van der Waals surface area contributed by atoms with Crippen molar-refractivity contribution in [3.63, 3.8) is 0 Å². The molecule has 456 valence electrons. The molecule has 0 saturated heterocycles. The van der Waals surface area contributed by atoms with Crippen LogP contribution >= 0.6 is 0 Å². The molecule has 0 unspecified atom stereocenters. The summed E-state index contributed by atoms with van der Waals surface area (Å²) in [5.74, 6) is -4.13. The van der Waals surface area contributed by atoms with Crippen LogP contribution in [0.15, 0.2) is 24.3 Å². The van der Waals surface area contributed by atoms with E-state index in [2.05, 4.69) is 21.3 Å². The van der Waals surface area contributed by atoms with Crippen LogP contribution in [0, 0.1) is 11.8 Å². The summed E-state index contributed by atoms with van der Waals surface area (Å²) < 4.78 is 21.7. The fourth-order valence-electron chi connectivity index (χ4n) is 8.68. The molecule has 3 amide bonds. The first-order chi connectivity index (χ1) is 38.5. The molecule has 1 rings (SSSR count). The third kappa shape index (κ3) is 43.6. The first-order valence-corrected chi connectivity index (χ1v) is 29.4. The van der Waals surface area contributed by atoms with Crippen LogP contribution in [0.3, 0.4) is 0 Å². The number of Topliss-reactive ketones (excluding diaryl/α,β-unsaturated/α-hetero) is 4. The standard InChI is InChI=1S/C59H99N5O16/c1-45(2)38-51(68)41-63-52(54(69)42-64-53(58(60)74)39-46-24-27-48(65)28-25-46)22-17-18-30-61-56(71)44-80-37-34-77-32-19-21-50(67)43-79-36-35-78-33-31-62-55(70)29-26-47(59(75)76)40-49(66)20-15-13-11-9-7-5-3-4-6-8-10-12-14-16-23-57(72)73/h24-25,27-28,45,47,52-53,63-65H,3-23,26,29-44H2,1-2H3,(H2,60,74)(H,61,71)(H,62,70)(H,72,73)(H,75,76)/t47-,52+,53+/m1/s1. The normalized spacial score (nSPS) is 12.4. The second-order valence-corrected chi connectivity index (χ2v) is 21.1. The summed E-state index contributed by atoms with van der Waals surface area (Å²) in [5.41, 5.74) is 6.35. The van der Waals surface area contributed by atoms with Crippen LogP contribution < -0.4 is 27.0 Å². The number of nitrogens with two attached hydrogens (primary N) is 1. The lowest BCUT2D eigenvalue weighted by molar-refractivity contribution is -0.144. The van der Waals surface area contributed by atoms with Gasteiger partial charge in [-0.3, -0.25) is 48.5 Å². The van der Waals surface area contributed by atoms with Crippen LogP contribution in [0.1, 0.15) is 180 Å². The van der Waals surface area contributed by atoms with Crippen molar-refractivity contribution >= 4 is 52.8 Å². The molecule has 0 aliphatic rings. The zero-order valence-corrected chi connectivity index (χ0v) is 48.2. The van der Waals surface area contributed by atoms with Gasteiger partial charge in [-0.2, -0.15) is 0 Å². The minimum absolute atomic E-state index is 0.0145. The molecule has 80 heavy (non-hydrogen) atoms. The Labute approximate surface area is 475 Å². The lowest BCUT2D eigenvalue weighted by atomic mass is 9.94. The fourth-order valence-corrected chi connectivity index (χ4v) is 8.68. The number of rotatable bonds is 57. The number of hydrogen-bond acceptors (Lipinski definition) is 16. The Bertz CT molecular complexity index is 1900. The summed E-state index contributed by atoms with van der Waals surface area (Å²) in [6, 6.07) is 4.86. The first-order valence-electron chi connectivity index (χ1n) is 29.4. The van der Waals surface area contributed by atoms with Crippen LogP contribution in [0.2, 0.25) is 0 Å².